The lowest BCUT2D eigenvalue weighted by atomic mass is 10.1. The van der Waals surface area contributed by atoms with Crippen molar-refractivity contribution < 1.29 is 14.6 Å². The van der Waals surface area contributed by atoms with Crippen molar-refractivity contribution in [1.29, 1.82) is 0 Å². The van der Waals surface area contributed by atoms with Crippen molar-refractivity contribution in [3.63, 3.8) is 0 Å². The van der Waals surface area contributed by atoms with Crippen LogP contribution < -0.4 is 5.73 Å². The number of esters is 1. The third kappa shape index (κ3) is 3.34. The summed E-state index contributed by atoms with van der Waals surface area (Å²) in [7, 11) is 1.23. The average Bonchev–Trinajstić information content (AvgIpc) is 2.02. The van der Waals surface area contributed by atoms with Gasteiger partial charge in [-0.1, -0.05) is 13.3 Å². The quantitative estimate of drug-likeness (QED) is 0.553. The van der Waals surface area contributed by atoms with E-state index in [9.17, 15) is 4.79 Å². The Morgan fingerprint density at radius 1 is 1.73 bits per heavy atom. The number of carbonyl (C=O) groups is 1. The van der Waals surface area contributed by atoms with Crippen molar-refractivity contribution in [1.82, 2.24) is 0 Å². The molecule has 0 saturated heterocycles. The van der Waals surface area contributed by atoms with Gasteiger partial charge in [0.1, 0.15) is 0 Å². The maximum Gasteiger partial charge on any atom is 0.336 e. The summed E-state index contributed by atoms with van der Waals surface area (Å²) in [6.45, 7) is 1.93. The molecule has 3 N–H and O–H groups in total. The van der Waals surface area contributed by atoms with Gasteiger partial charge >= 0.3 is 5.97 Å². The van der Waals surface area contributed by atoms with Gasteiger partial charge in [0, 0.05) is 6.04 Å². The van der Waals surface area contributed by atoms with Crippen LogP contribution in [0.4, 0.5) is 0 Å². The number of carbonyl (C=O) groups excluding carboxylic acids is 1. The molecule has 1 unspecified atom stereocenters. The number of nitrogens with two attached hydrogens (primary N) is 1. The number of ether oxygens (including phenoxy) is 1. The molecule has 4 nitrogen and oxygen atoms in total. The molecule has 0 aromatic rings. The third-order valence-electron chi connectivity index (χ3n) is 1.47. The maximum absolute atomic E-state index is 10.7. The van der Waals surface area contributed by atoms with Gasteiger partial charge in [-0.15, -0.1) is 0 Å². The molecule has 0 saturated carbocycles. The minimum Gasteiger partial charge on any atom is -0.467 e. The van der Waals surface area contributed by atoms with Crippen molar-refractivity contribution in [3.8, 4) is 0 Å². The summed E-state index contributed by atoms with van der Waals surface area (Å²) in [5, 5.41) is 9.12. The second kappa shape index (κ2) is 5.09. The molecule has 66 valence electrons. The molecular weight excluding hydrogens is 146 g/mol. The Kier molecular flexibility index (Phi) is 4.81. The summed E-state index contributed by atoms with van der Waals surface area (Å²) in [5.74, 6) is -0.661. The topological polar surface area (TPSA) is 72.5 Å². The second-order valence-electron chi connectivity index (χ2n) is 2.42. The van der Waals surface area contributed by atoms with Gasteiger partial charge in [-0.2, -0.15) is 0 Å². The summed E-state index contributed by atoms with van der Waals surface area (Å²) in [4.78, 5) is 10.7. The first kappa shape index (κ1) is 10.4. The molecule has 0 aliphatic rings. The monoisotopic (exact) mass is 161 g/mol. The van der Waals surface area contributed by atoms with E-state index in [2.05, 4.69) is 4.74 Å². The molecule has 0 heterocycles. The highest BCUT2D eigenvalue weighted by molar-refractivity contribution is 5.75. The average molecular weight is 161 g/mol. The first-order valence-corrected chi connectivity index (χ1v) is 3.65. The number of hydrogen-bond acceptors (Lipinski definition) is 4. The highest BCUT2D eigenvalue weighted by atomic mass is 16.5. The molecule has 0 rings (SSSR count). The van der Waals surface area contributed by atoms with Crippen molar-refractivity contribution in [2.45, 2.75) is 31.9 Å². The first-order valence-electron chi connectivity index (χ1n) is 3.65. The minimum atomic E-state index is -1.18. The van der Waals surface area contributed by atoms with Crippen molar-refractivity contribution in [2.75, 3.05) is 7.11 Å². The zero-order valence-corrected chi connectivity index (χ0v) is 6.91. The molecule has 0 radical (unpaired) electrons. The molecular formula is C7H15NO3. The lowest BCUT2D eigenvalue weighted by molar-refractivity contribution is -0.151. The summed E-state index contributed by atoms with van der Waals surface area (Å²) in [6.07, 6.45) is 0.283. The van der Waals surface area contributed by atoms with Crippen LogP contribution in [0, 0.1) is 0 Å². The largest absolute Gasteiger partial charge is 0.467 e. The van der Waals surface area contributed by atoms with Crippen LogP contribution in [0.25, 0.3) is 0 Å². The van der Waals surface area contributed by atoms with Gasteiger partial charge in [0.2, 0.25) is 0 Å². The lowest BCUT2D eigenvalue weighted by Gasteiger charge is -2.14. The number of methoxy groups -OCH3 is 1. The molecule has 4 heteroatoms. The Labute approximate surface area is 66.3 Å². The Balaban J connectivity index is 3.80. The molecule has 0 aromatic carbocycles. The molecule has 0 aromatic heterocycles. The molecule has 2 atom stereocenters. The van der Waals surface area contributed by atoms with Crippen LogP contribution in [-0.2, 0) is 9.53 Å². The SMILES string of the molecule is CCC[C@H](N)C(O)C(=O)OC. The Morgan fingerprint density at radius 3 is 2.64 bits per heavy atom. The second-order valence-corrected chi connectivity index (χ2v) is 2.42. The van der Waals surface area contributed by atoms with E-state index in [1.54, 1.807) is 0 Å². The van der Waals surface area contributed by atoms with Crippen LogP contribution in [0.15, 0.2) is 0 Å². The number of aliphatic hydroxyl groups excluding tert-OH is 1. The fraction of sp³-hybridized carbons (Fsp3) is 0.857. The van der Waals surface area contributed by atoms with E-state index >= 15 is 0 Å². The Bertz CT molecular complexity index is 127. The predicted molar refractivity (Wildman–Crippen MR) is 40.9 cm³/mol. The molecule has 0 fully saturated rings. The van der Waals surface area contributed by atoms with Gasteiger partial charge in [0.05, 0.1) is 7.11 Å². The number of aliphatic hydroxyl groups is 1. The molecule has 0 aliphatic carbocycles. The van der Waals surface area contributed by atoms with E-state index in [1.807, 2.05) is 6.92 Å². The summed E-state index contributed by atoms with van der Waals surface area (Å²) >= 11 is 0. The Hall–Kier alpha value is -0.610. The Morgan fingerprint density at radius 2 is 2.27 bits per heavy atom. The first-order chi connectivity index (χ1) is 5.13. The van der Waals surface area contributed by atoms with Gasteiger partial charge in [0.25, 0.3) is 0 Å². The van der Waals surface area contributed by atoms with Crippen LogP contribution in [0.3, 0.4) is 0 Å². The molecule has 0 bridgehead atoms. The number of hydrogen-bond donors (Lipinski definition) is 2. The fourth-order valence-corrected chi connectivity index (χ4v) is 0.787. The van der Waals surface area contributed by atoms with E-state index in [0.29, 0.717) is 6.42 Å². The highest BCUT2D eigenvalue weighted by Gasteiger charge is 2.22. The van der Waals surface area contributed by atoms with Crippen LogP contribution in [0.5, 0.6) is 0 Å². The van der Waals surface area contributed by atoms with Gasteiger partial charge in [0.15, 0.2) is 6.10 Å². The molecule has 0 spiro atoms. The minimum absolute atomic E-state index is 0.507. The van der Waals surface area contributed by atoms with Gasteiger partial charge in [-0.3, -0.25) is 0 Å². The maximum atomic E-state index is 10.7. The summed E-state index contributed by atoms with van der Waals surface area (Å²) in [6, 6.07) is -0.507. The van der Waals surface area contributed by atoms with E-state index in [1.165, 1.54) is 7.11 Å². The van der Waals surface area contributed by atoms with E-state index < -0.39 is 18.1 Å². The fourth-order valence-electron chi connectivity index (χ4n) is 0.787. The lowest BCUT2D eigenvalue weighted by Crippen LogP contribution is -2.40. The molecule has 0 amide bonds. The van der Waals surface area contributed by atoms with Crippen molar-refractivity contribution in [2.24, 2.45) is 5.73 Å². The van der Waals surface area contributed by atoms with E-state index in [-0.39, 0.29) is 0 Å². The number of rotatable bonds is 4. The zero-order chi connectivity index (χ0) is 8.85. The van der Waals surface area contributed by atoms with Crippen LogP contribution in [0.1, 0.15) is 19.8 Å². The van der Waals surface area contributed by atoms with Gasteiger partial charge < -0.3 is 15.6 Å². The summed E-state index contributed by atoms with van der Waals surface area (Å²) in [5.41, 5.74) is 5.45. The van der Waals surface area contributed by atoms with Crippen LogP contribution in [0.2, 0.25) is 0 Å². The van der Waals surface area contributed by atoms with Crippen molar-refractivity contribution in [3.05, 3.63) is 0 Å². The highest BCUT2D eigenvalue weighted by Crippen LogP contribution is 2.00. The normalized spacial score (nSPS) is 15.6. The van der Waals surface area contributed by atoms with Gasteiger partial charge in [-0.05, 0) is 6.42 Å². The smallest absolute Gasteiger partial charge is 0.336 e. The van der Waals surface area contributed by atoms with Gasteiger partial charge in [-0.25, -0.2) is 4.79 Å². The van der Waals surface area contributed by atoms with E-state index in [4.69, 9.17) is 10.8 Å². The third-order valence-corrected chi connectivity index (χ3v) is 1.47. The van der Waals surface area contributed by atoms with Crippen LogP contribution in [-0.4, -0.2) is 30.3 Å². The molecule has 11 heavy (non-hydrogen) atoms. The van der Waals surface area contributed by atoms with Crippen molar-refractivity contribution >= 4 is 5.97 Å². The summed E-state index contributed by atoms with van der Waals surface area (Å²) < 4.78 is 4.31. The molecule has 0 aliphatic heterocycles. The van der Waals surface area contributed by atoms with Crippen LogP contribution >= 0.6 is 0 Å². The zero-order valence-electron chi connectivity index (χ0n) is 6.91. The predicted octanol–water partition coefficient (Wildman–Crippen LogP) is -0.352. The standard InChI is InChI=1S/C7H15NO3/c1-3-4-5(8)6(9)7(10)11-2/h5-6,9H,3-4,8H2,1-2H3/t5-,6?/m0/s1. The van der Waals surface area contributed by atoms with E-state index in [0.717, 1.165) is 6.42 Å².